The second-order valence-corrected chi connectivity index (χ2v) is 37.6. The number of ether oxygens (including phenoxy) is 4. The van der Waals surface area contributed by atoms with Gasteiger partial charge in [0, 0.05) is 179 Å². The Morgan fingerprint density at radius 2 is 0.904 bits per heavy atom. The number of halogens is 6. The fraction of sp³-hybridized carbons (Fsp3) is 0.465. The second-order valence-electron chi connectivity index (χ2n) is 36.4. The Morgan fingerprint density at radius 3 is 1.27 bits per heavy atom. The van der Waals surface area contributed by atoms with E-state index >= 15 is 0 Å². The van der Waals surface area contributed by atoms with Crippen LogP contribution in [0.1, 0.15) is 86.1 Å². The van der Waals surface area contributed by atoms with Crippen molar-refractivity contribution in [2.45, 2.75) is 133 Å². The number of rotatable bonds is 24. The summed E-state index contributed by atoms with van der Waals surface area (Å²) in [6, 6.07) is 37.4. The summed E-state index contributed by atoms with van der Waals surface area (Å²) in [5.41, 5.74) is 8.87. The smallest absolute Gasteiger partial charge is 0.318 e. The summed E-state index contributed by atoms with van der Waals surface area (Å²) in [6.07, 6.45) is 11.0. The summed E-state index contributed by atoms with van der Waals surface area (Å²) in [5, 5.41) is 8.44. The second kappa shape index (κ2) is 42.6. The number of fused-ring (bicyclic) bond motifs is 6. The normalized spacial score (nSPS) is 21.6. The minimum atomic E-state index is -1.01. The number of amides is 3. The van der Waals surface area contributed by atoms with Crippen LogP contribution in [0.3, 0.4) is 0 Å². The summed E-state index contributed by atoms with van der Waals surface area (Å²) < 4.78 is 65.0. The number of piperazine rings is 3. The number of aromatic nitrogens is 6. The minimum absolute atomic E-state index is 0.0610. The molecule has 6 atom stereocenters. The number of alkyl halides is 1. The van der Waals surface area contributed by atoms with E-state index in [9.17, 15) is 27.6 Å². The topological polar surface area (TPSA) is 217 Å². The average molecular weight is 1900 g/mol. The number of likely N-dealkylation sites (tertiary alicyclic amines) is 3. The van der Waals surface area contributed by atoms with E-state index < -0.39 is 42.2 Å². The van der Waals surface area contributed by atoms with E-state index in [-0.39, 0.29) is 50.2 Å². The lowest BCUT2D eigenvalue weighted by Gasteiger charge is -2.47. The number of likely N-dealkylation sites (N-methyl/N-ethyl adjacent to an activating group) is 2. The van der Waals surface area contributed by atoms with Crippen LogP contribution in [0.15, 0.2) is 146 Å². The molecule has 0 N–H and O–H groups in total. The van der Waals surface area contributed by atoms with Gasteiger partial charge in [-0.15, -0.1) is 0 Å². The molecule has 0 saturated carbocycles. The molecular formula is C101H113Cl3F3N21O7. The first-order chi connectivity index (χ1) is 65.6. The maximum atomic E-state index is 13.9. The molecule has 0 spiro atoms. The summed E-state index contributed by atoms with van der Waals surface area (Å²) in [4.78, 5) is 103. The average Bonchev–Trinajstić information content (AvgIpc) is 1.25. The van der Waals surface area contributed by atoms with Crippen LogP contribution in [0, 0.1) is 19.7 Å². The molecule has 34 heteroatoms. The zero-order valence-corrected chi connectivity index (χ0v) is 78.9. The lowest BCUT2D eigenvalue weighted by molar-refractivity contribution is -0.131. The van der Waals surface area contributed by atoms with Crippen LogP contribution >= 0.6 is 34.8 Å². The lowest BCUT2D eigenvalue weighted by atomic mass is 9.96. The predicted octanol–water partition coefficient (Wildman–Crippen LogP) is 14.8. The molecular weight excluding hydrogens is 1780 g/mol. The van der Waals surface area contributed by atoms with Crippen molar-refractivity contribution in [2.24, 2.45) is 0 Å². The largest absolute Gasteiger partial charge is 0.462 e. The standard InChI is InChI=1S/C35H39ClFN7O3.2C33H37ClFN7O2/c1-23(37)34(45)44-16-15-42(20-27(44)19-38-2)33-28-10-13-41(31-8-4-6-24-5-3-7-29(36)32(24)31)21-30(28)39-35(40-33)47-22-26-9-14-43(26)25-11-17-46-18-12-25;1-22(35)31(43)42-17-16-41(19-24(42)18-36-3)30-25-12-15-40(28-11-6-9-23-8-5-10-26(34)29(23)28)20-27(25)37-32(38-30)44-21-33(2)13-7-14-39(33)4;1-3-39-15-12-24(39)22-44-33-37-28-21-40(29-10-5-8-23-7-4-9-27(34)31(23)29)16-13-26(28)32(38-33)41-17-18-42(25(20-41)19-36-2)30(43)11-6-14-35/h3-8,25-27H,1,9-22H2;5-6,8-11,24H,1,7,12-21H2,2,4H3;4-11,24-25H,3,12-22H2,1H3/b;;11-6+/t26?,27-;24-,33?;24?,25-/m000/s1. The fourth-order valence-electron chi connectivity index (χ4n) is 20.8. The van der Waals surface area contributed by atoms with E-state index in [1.54, 1.807) is 4.90 Å². The molecule has 9 aromatic rings. The van der Waals surface area contributed by atoms with Gasteiger partial charge < -0.3 is 77.6 Å². The van der Waals surface area contributed by atoms with Gasteiger partial charge >= 0.3 is 18.0 Å². The summed E-state index contributed by atoms with van der Waals surface area (Å²) in [6.45, 7) is 47.5. The van der Waals surface area contributed by atoms with Crippen LogP contribution in [0.5, 0.6) is 18.0 Å². The van der Waals surface area contributed by atoms with Gasteiger partial charge in [-0.2, -0.15) is 29.9 Å². The number of benzene rings is 6. The van der Waals surface area contributed by atoms with Gasteiger partial charge in [-0.1, -0.05) is 128 Å². The van der Waals surface area contributed by atoms with Gasteiger partial charge in [0.2, 0.25) is 25.5 Å². The SMILES string of the molecule is [C-]#[N+]C[C@H]1CN(c2nc(OCC3(C)CCCN3C)nc3c2CCN(c2cccc4cccc(Cl)c24)C3)CCN1C(=O)C(=C)F.[C-]#[N+]C[C@H]1CN(c2nc(OCC3CCN3C3CCOCC3)nc3c2CCN(c2cccc4cccc(Cl)c24)C3)CCN1C(=O)C(=C)F.[C-]#[N+]C[C@H]1CN(c2nc(OCC3CCN3CC)nc3c2CCN(c2cccc4cccc(Cl)c24)C3)CCN1C(=O)/C=C/CF. The number of anilines is 6. The third-order valence-corrected chi connectivity index (χ3v) is 29.4. The van der Waals surface area contributed by atoms with Gasteiger partial charge in [-0.05, 0) is 143 Å². The van der Waals surface area contributed by atoms with Crippen molar-refractivity contribution in [3.8, 4) is 18.0 Å². The van der Waals surface area contributed by atoms with Crippen LogP contribution < -0.4 is 43.6 Å². The summed E-state index contributed by atoms with van der Waals surface area (Å²) in [7, 11) is 2.12. The Morgan fingerprint density at radius 1 is 0.504 bits per heavy atom. The Hall–Kier alpha value is -11.9. The molecule has 0 aliphatic carbocycles. The highest BCUT2D eigenvalue weighted by molar-refractivity contribution is 6.37. The first-order valence-corrected chi connectivity index (χ1v) is 47.9. The van der Waals surface area contributed by atoms with E-state index in [1.807, 2.05) is 42.5 Å². The van der Waals surface area contributed by atoms with Crippen molar-refractivity contribution in [2.75, 3.05) is 201 Å². The molecule has 0 radical (unpaired) electrons. The summed E-state index contributed by atoms with van der Waals surface area (Å²) in [5.74, 6) is -1.48. The molecule has 7 fully saturated rings. The third-order valence-electron chi connectivity index (χ3n) is 28.4. The van der Waals surface area contributed by atoms with E-state index in [0.29, 0.717) is 144 Å². The van der Waals surface area contributed by atoms with Crippen molar-refractivity contribution in [1.82, 2.24) is 59.3 Å². The predicted molar refractivity (Wildman–Crippen MR) is 522 cm³/mol. The fourth-order valence-corrected chi connectivity index (χ4v) is 21.7. The molecule has 135 heavy (non-hydrogen) atoms. The van der Waals surface area contributed by atoms with Gasteiger partial charge in [-0.3, -0.25) is 29.1 Å². The number of carbonyl (C=O) groups is 3. The zero-order chi connectivity index (χ0) is 94.1. The van der Waals surface area contributed by atoms with Crippen molar-refractivity contribution >= 4 is 119 Å². The van der Waals surface area contributed by atoms with Gasteiger partial charge in [-0.25, -0.2) is 32.9 Å². The molecule has 706 valence electrons. The Labute approximate surface area is 801 Å². The number of allylic oxidation sites excluding steroid dienone is 1. The van der Waals surface area contributed by atoms with Gasteiger partial charge in [0.25, 0.3) is 11.8 Å². The molecule has 6 aromatic carbocycles. The van der Waals surface area contributed by atoms with Crippen LogP contribution in [-0.2, 0) is 58.0 Å². The van der Waals surface area contributed by atoms with E-state index in [2.05, 4.69) is 159 Å². The van der Waals surface area contributed by atoms with Gasteiger partial charge in [0.05, 0.1) is 57.3 Å². The number of hydrogen-bond acceptors (Lipinski definition) is 22. The highest BCUT2D eigenvalue weighted by Gasteiger charge is 2.43. The maximum absolute atomic E-state index is 13.9. The number of carbonyl (C=O) groups excluding carboxylic acids is 3. The molecule has 0 bridgehead atoms. The van der Waals surface area contributed by atoms with Crippen molar-refractivity contribution in [3.05, 3.63) is 229 Å². The monoisotopic (exact) mass is 1890 g/mol. The van der Waals surface area contributed by atoms with E-state index in [1.165, 1.54) is 22.0 Å². The molecule has 3 unspecified atom stereocenters. The minimum Gasteiger partial charge on any atom is -0.462 e. The summed E-state index contributed by atoms with van der Waals surface area (Å²) >= 11 is 20.1. The van der Waals surface area contributed by atoms with E-state index in [4.69, 9.17) is 103 Å². The molecule has 13 heterocycles. The molecule has 10 aliphatic heterocycles. The lowest BCUT2D eigenvalue weighted by Crippen LogP contribution is -2.57. The Balaban J connectivity index is 0.000000141. The van der Waals surface area contributed by atoms with E-state index in [0.717, 1.165) is 210 Å². The number of hydrogen-bond donors (Lipinski definition) is 0. The van der Waals surface area contributed by atoms with Crippen molar-refractivity contribution in [3.63, 3.8) is 0 Å². The van der Waals surface area contributed by atoms with Crippen LogP contribution in [-0.4, -0.2) is 290 Å². The zero-order valence-electron chi connectivity index (χ0n) is 76.6. The highest BCUT2D eigenvalue weighted by atomic mass is 35.5. The Kier molecular flexibility index (Phi) is 29.9. The first-order valence-electron chi connectivity index (χ1n) is 46.8. The number of nitrogens with zero attached hydrogens (tertiary/aromatic N) is 21. The molecule has 19 rings (SSSR count). The quantitative estimate of drug-likeness (QED) is 0.0406. The van der Waals surface area contributed by atoms with Gasteiger partial charge in [0.15, 0.2) is 11.7 Å². The van der Waals surface area contributed by atoms with Crippen LogP contribution in [0.25, 0.3) is 46.9 Å². The Bertz CT molecular complexity index is 6080. The molecule has 28 nitrogen and oxygen atoms in total. The molecule has 3 aromatic heterocycles. The first kappa shape index (κ1) is 94.9. The third kappa shape index (κ3) is 20.7. The van der Waals surface area contributed by atoms with Gasteiger partial charge in [0.1, 0.15) is 62.1 Å². The molecule has 7 saturated heterocycles. The van der Waals surface area contributed by atoms with Crippen LogP contribution in [0.2, 0.25) is 15.1 Å². The molecule has 10 aliphatic rings. The van der Waals surface area contributed by atoms with Crippen molar-refractivity contribution < 1.29 is 46.5 Å². The maximum Gasteiger partial charge on any atom is 0.318 e. The van der Waals surface area contributed by atoms with Crippen LogP contribution in [0.4, 0.5) is 47.7 Å². The van der Waals surface area contributed by atoms with Crippen molar-refractivity contribution in [1.29, 1.82) is 0 Å². The highest BCUT2D eigenvalue weighted by Crippen LogP contribution is 2.44. The molecule has 3 amide bonds.